The van der Waals surface area contributed by atoms with Crippen molar-refractivity contribution in [1.82, 2.24) is 0 Å². The number of aryl methyl sites for hydroxylation is 1. The Morgan fingerprint density at radius 2 is 1.72 bits per heavy atom. The van der Waals surface area contributed by atoms with Crippen molar-refractivity contribution in [3.63, 3.8) is 0 Å². The molecule has 0 fully saturated rings. The number of hydrogen-bond acceptors (Lipinski definition) is 5. The number of benzene rings is 2. The number of carbonyl (C=O) groups is 1. The summed E-state index contributed by atoms with van der Waals surface area (Å²) in [5.74, 6) is -1.53. The molecule has 0 aliphatic heterocycles. The second kappa shape index (κ2) is 8.01. The van der Waals surface area contributed by atoms with Crippen LogP contribution in [0, 0.1) is 6.92 Å². The molecule has 2 aliphatic carbocycles. The number of aromatic hydroxyl groups is 2. The van der Waals surface area contributed by atoms with Crippen LogP contribution in [0.15, 0.2) is 53.5 Å². The average molecular weight is 453 g/mol. The molecule has 0 spiro atoms. The number of phenols is 2. The van der Waals surface area contributed by atoms with Gasteiger partial charge in [-0.3, -0.25) is 9.00 Å². The molecule has 0 heterocycles. The summed E-state index contributed by atoms with van der Waals surface area (Å²) in [5.41, 5.74) is 1.70. The predicted octanol–water partition coefficient (Wildman–Crippen LogP) is 4.36. The molecule has 0 aromatic heterocycles. The van der Waals surface area contributed by atoms with Crippen molar-refractivity contribution in [3.05, 3.63) is 76.4 Å². The Morgan fingerprint density at radius 3 is 2.38 bits per heavy atom. The highest BCUT2D eigenvalue weighted by Crippen LogP contribution is 2.53. The second-order valence-corrected chi connectivity index (χ2v) is 10.8. The van der Waals surface area contributed by atoms with Crippen LogP contribution in [0.3, 0.4) is 0 Å². The third-order valence-corrected chi connectivity index (χ3v) is 7.92. The minimum absolute atomic E-state index is 0.0224. The van der Waals surface area contributed by atoms with Crippen LogP contribution in [0.5, 0.6) is 11.5 Å². The summed E-state index contributed by atoms with van der Waals surface area (Å²) in [6.45, 7) is 7.53. The van der Waals surface area contributed by atoms with Crippen molar-refractivity contribution < 1.29 is 24.3 Å². The lowest BCUT2D eigenvalue weighted by Gasteiger charge is -2.36. The Bertz CT molecular complexity index is 1170. The number of carbonyl (C=O) groups excluding carboxylic acids is 1. The first-order chi connectivity index (χ1) is 15.0. The standard InChI is InChI=1S/C26H28O5S/c1-14-5-8-16(9-6-14)32(31)13-19(28)17-10-7-15(2)20-21(17)25(30)23-22(24(20)29)18(27)11-12-26(23,3)4/h5-12,15,17,19,28-30H,13H2,1-4H3/t15-,17+,19+,32?/m0/s1. The predicted molar refractivity (Wildman–Crippen MR) is 125 cm³/mol. The van der Waals surface area contributed by atoms with Crippen LogP contribution in [0.4, 0.5) is 0 Å². The number of rotatable bonds is 4. The van der Waals surface area contributed by atoms with Crippen LogP contribution in [0.2, 0.25) is 0 Å². The summed E-state index contributed by atoms with van der Waals surface area (Å²) in [4.78, 5) is 13.2. The number of phenolic OH excluding ortho intramolecular Hbond substituents is 2. The highest BCUT2D eigenvalue weighted by Gasteiger charge is 2.41. The Morgan fingerprint density at radius 1 is 1.06 bits per heavy atom. The second-order valence-electron chi connectivity index (χ2n) is 9.29. The molecule has 4 rings (SSSR count). The largest absolute Gasteiger partial charge is 0.507 e. The van der Waals surface area contributed by atoms with Gasteiger partial charge in [-0.15, -0.1) is 0 Å². The summed E-state index contributed by atoms with van der Waals surface area (Å²) >= 11 is 0. The SMILES string of the molecule is Cc1ccc(S(=O)C[C@@H](O)[C@H]2C=C[C@H](C)c3c(O)c4c(c(O)c32)C(C)(C)C=CC4=O)cc1. The first-order valence-corrected chi connectivity index (χ1v) is 12.0. The highest BCUT2D eigenvalue weighted by molar-refractivity contribution is 7.85. The van der Waals surface area contributed by atoms with Crippen LogP contribution in [0.25, 0.3) is 0 Å². The van der Waals surface area contributed by atoms with Crippen molar-refractivity contribution in [3.8, 4) is 11.5 Å². The summed E-state index contributed by atoms with van der Waals surface area (Å²) in [5, 5.41) is 33.6. The molecule has 1 unspecified atom stereocenters. The van der Waals surface area contributed by atoms with Gasteiger partial charge in [0.1, 0.15) is 11.5 Å². The molecule has 3 N–H and O–H groups in total. The minimum atomic E-state index is -1.44. The molecule has 2 aromatic carbocycles. The van der Waals surface area contributed by atoms with Crippen LogP contribution in [-0.4, -0.2) is 37.2 Å². The van der Waals surface area contributed by atoms with E-state index in [0.29, 0.717) is 21.6 Å². The maximum Gasteiger partial charge on any atom is 0.189 e. The average Bonchev–Trinajstić information content (AvgIpc) is 2.73. The summed E-state index contributed by atoms with van der Waals surface area (Å²) in [6, 6.07) is 7.32. The zero-order chi connectivity index (χ0) is 23.4. The Balaban J connectivity index is 1.79. The molecule has 4 atom stereocenters. The van der Waals surface area contributed by atoms with Crippen LogP contribution in [-0.2, 0) is 16.2 Å². The number of allylic oxidation sites excluding steroid dienone is 3. The monoisotopic (exact) mass is 452 g/mol. The number of fused-ring (bicyclic) bond motifs is 2. The van der Waals surface area contributed by atoms with Crippen LogP contribution >= 0.6 is 0 Å². The van der Waals surface area contributed by atoms with E-state index in [-0.39, 0.29) is 34.5 Å². The zero-order valence-corrected chi connectivity index (χ0v) is 19.4. The van der Waals surface area contributed by atoms with Gasteiger partial charge >= 0.3 is 0 Å². The van der Waals surface area contributed by atoms with E-state index >= 15 is 0 Å². The van der Waals surface area contributed by atoms with Gasteiger partial charge < -0.3 is 15.3 Å². The van der Waals surface area contributed by atoms with Crippen LogP contribution < -0.4 is 0 Å². The minimum Gasteiger partial charge on any atom is -0.507 e. The summed E-state index contributed by atoms with van der Waals surface area (Å²) in [7, 11) is -1.44. The molecular weight excluding hydrogens is 424 g/mol. The fourth-order valence-electron chi connectivity index (χ4n) is 4.72. The molecule has 32 heavy (non-hydrogen) atoms. The fourth-order valence-corrected chi connectivity index (χ4v) is 5.87. The summed E-state index contributed by atoms with van der Waals surface area (Å²) in [6.07, 6.45) is 5.71. The quantitative estimate of drug-likeness (QED) is 0.473. The zero-order valence-electron chi connectivity index (χ0n) is 18.6. The van der Waals surface area contributed by atoms with E-state index in [9.17, 15) is 24.3 Å². The molecule has 0 saturated heterocycles. The third-order valence-electron chi connectivity index (χ3n) is 6.48. The molecule has 0 saturated carbocycles. The van der Waals surface area contributed by atoms with E-state index in [1.807, 2.05) is 45.9 Å². The molecule has 2 aromatic rings. The number of aliphatic hydroxyl groups is 1. The van der Waals surface area contributed by atoms with Gasteiger partial charge in [0.2, 0.25) is 0 Å². The maximum absolute atomic E-state index is 12.9. The molecule has 2 aliphatic rings. The van der Waals surface area contributed by atoms with Gasteiger partial charge in [-0.25, -0.2) is 0 Å². The number of ketones is 1. The van der Waals surface area contributed by atoms with Gasteiger partial charge in [0.25, 0.3) is 0 Å². The van der Waals surface area contributed by atoms with E-state index in [1.165, 1.54) is 6.08 Å². The smallest absolute Gasteiger partial charge is 0.189 e. The molecular formula is C26H28O5S. The molecule has 6 heteroatoms. The lowest BCUT2D eigenvalue weighted by atomic mass is 9.70. The number of hydrogen-bond donors (Lipinski definition) is 3. The van der Waals surface area contributed by atoms with Gasteiger partial charge in [0.05, 0.1) is 28.2 Å². The van der Waals surface area contributed by atoms with Crippen molar-refractivity contribution >= 4 is 16.6 Å². The van der Waals surface area contributed by atoms with Crippen molar-refractivity contribution in [2.75, 3.05) is 5.75 Å². The van der Waals surface area contributed by atoms with Crippen LogP contribution in [0.1, 0.15) is 65.2 Å². The molecule has 5 nitrogen and oxygen atoms in total. The first kappa shape index (κ1) is 22.5. The van der Waals surface area contributed by atoms with E-state index in [0.717, 1.165) is 5.56 Å². The maximum atomic E-state index is 12.9. The lowest BCUT2D eigenvalue weighted by Crippen LogP contribution is -2.29. The van der Waals surface area contributed by atoms with Crippen molar-refractivity contribution in [2.24, 2.45) is 0 Å². The molecule has 168 valence electrons. The Kier molecular flexibility index (Phi) is 5.63. The van der Waals surface area contributed by atoms with E-state index in [4.69, 9.17) is 0 Å². The molecule has 0 amide bonds. The summed E-state index contributed by atoms with van der Waals surface area (Å²) < 4.78 is 12.9. The molecule has 0 bridgehead atoms. The van der Waals surface area contributed by atoms with Gasteiger partial charge in [-0.2, -0.15) is 0 Å². The van der Waals surface area contributed by atoms with E-state index < -0.39 is 28.2 Å². The van der Waals surface area contributed by atoms with Crippen molar-refractivity contribution in [1.29, 1.82) is 0 Å². The van der Waals surface area contributed by atoms with Gasteiger partial charge in [0, 0.05) is 38.8 Å². The fraction of sp³-hybridized carbons (Fsp3) is 0.346. The number of aliphatic hydroxyl groups excluding tert-OH is 1. The van der Waals surface area contributed by atoms with E-state index in [1.54, 1.807) is 24.3 Å². The van der Waals surface area contributed by atoms with Gasteiger partial charge in [-0.05, 0) is 25.1 Å². The van der Waals surface area contributed by atoms with Gasteiger partial charge in [0.15, 0.2) is 5.78 Å². The van der Waals surface area contributed by atoms with E-state index in [2.05, 4.69) is 0 Å². The molecule has 0 radical (unpaired) electrons. The topological polar surface area (TPSA) is 94.8 Å². The Labute approximate surface area is 190 Å². The van der Waals surface area contributed by atoms with Gasteiger partial charge in [-0.1, -0.05) is 56.7 Å². The lowest BCUT2D eigenvalue weighted by molar-refractivity contribution is 0.103. The third kappa shape index (κ3) is 3.61. The van der Waals surface area contributed by atoms with Crippen molar-refractivity contribution in [2.45, 2.75) is 55.9 Å². The highest BCUT2D eigenvalue weighted by atomic mass is 32.2. The normalized spacial score (nSPS) is 22.8. The Hall–Kier alpha value is -2.70. The first-order valence-electron chi connectivity index (χ1n) is 10.7.